The number of benzene rings is 1. The Balaban J connectivity index is 1.68. The van der Waals surface area contributed by atoms with E-state index in [4.69, 9.17) is 14.7 Å². The lowest BCUT2D eigenvalue weighted by Crippen LogP contribution is -2.37. The van der Waals surface area contributed by atoms with Crippen molar-refractivity contribution in [2.75, 3.05) is 38.2 Å². The van der Waals surface area contributed by atoms with Gasteiger partial charge in [-0.25, -0.2) is 14.8 Å². The minimum Gasteiger partial charge on any atom is -0.462 e. The van der Waals surface area contributed by atoms with Gasteiger partial charge >= 0.3 is 5.97 Å². The van der Waals surface area contributed by atoms with Crippen molar-refractivity contribution in [1.29, 1.82) is 0 Å². The molecule has 1 saturated heterocycles. The van der Waals surface area contributed by atoms with Crippen LogP contribution in [0.4, 0.5) is 5.82 Å². The average Bonchev–Trinajstić information content (AvgIpc) is 3.47. The number of anilines is 1. The molecular formula is C24H28N4O3S2. The molecule has 0 saturated carbocycles. The molecule has 0 radical (unpaired) electrons. The molecule has 1 aromatic carbocycles. The average molecular weight is 485 g/mol. The molecule has 1 fully saturated rings. The number of fused-ring (bicyclic) bond motifs is 1. The third kappa shape index (κ3) is 5.30. The molecule has 0 unspecified atom stereocenters. The van der Waals surface area contributed by atoms with Gasteiger partial charge in [0.15, 0.2) is 0 Å². The SMILES string of the molecule is CCOC(=O)c1sc2nc(CSc3ccccc3)nc(N(C)CC(=O)N3CCCC3)c2c1C. The third-order valence-electron chi connectivity index (χ3n) is 5.58. The van der Waals surface area contributed by atoms with Crippen LogP contribution in [0.25, 0.3) is 10.2 Å². The number of rotatable bonds is 8. The van der Waals surface area contributed by atoms with Gasteiger partial charge in [0, 0.05) is 25.0 Å². The van der Waals surface area contributed by atoms with Crippen molar-refractivity contribution in [1.82, 2.24) is 14.9 Å². The normalized spacial score (nSPS) is 13.5. The zero-order valence-corrected chi connectivity index (χ0v) is 20.8. The number of esters is 1. The number of hydrogen-bond acceptors (Lipinski definition) is 8. The van der Waals surface area contributed by atoms with Crippen LogP contribution in [0.3, 0.4) is 0 Å². The van der Waals surface area contributed by atoms with Crippen LogP contribution < -0.4 is 4.90 Å². The van der Waals surface area contributed by atoms with Crippen LogP contribution in [0.2, 0.25) is 0 Å². The van der Waals surface area contributed by atoms with Crippen LogP contribution in [0.1, 0.15) is 40.8 Å². The van der Waals surface area contributed by atoms with E-state index in [9.17, 15) is 9.59 Å². The quantitative estimate of drug-likeness (QED) is 0.343. The molecule has 0 aliphatic carbocycles. The topological polar surface area (TPSA) is 75.6 Å². The lowest BCUT2D eigenvalue weighted by Gasteiger charge is -2.23. The minimum absolute atomic E-state index is 0.0977. The van der Waals surface area contributed by atoms with Gasteiger partial charge in [0.05, 0.1) is 24.3 Å². The summed E-state index contributed by atoms with van der Waals surface area (Å²) >= 11 is 2.98. The van der Waals surface area contributed by atoms with E-state index in [2.05, 4.69) is 12.1 Å². The number of aromatic nitrogens is 2. The second kappa shape index (κ2) is 10.5. The van der Waals surface area contributed by atoms with Gasteiger partial charge in [0.1, 0.15) is 21.3 Å². The number of ether oxygens (including phenoxy) is 1. The molecule has 1 amide bonds. The molecule has 0 N–H and O–H groups in total. The summed E-state index contributed by atoms with van der Waals surface area (Å²) in [6.45, 7) is 5.87. The zero-order chi connectivity index (χ0) is 23.4. The van der Waals surface area contributed by atoms with Crippen LogP contribution in [0.5, 0.6) is 0 Å². The Labute approximate surface area is 202 Å². The second-order valence-corrected chi connectivity index (χ2v) is 10.0. The first-order valence-electron chi connectivity index (χ1n) is 11.1. The summed E-state index contributed by atoms with van der Waals surface area (Å²) in [6.07, 6.45) is 2.11. The number of likely N-dealkylation sites (tertiary alicyclic amines) is 1. The Morgan fingerprint density at radius 1 is 1.18 bits per heavy atom. The van der Waals surface area contributed by atoms with Crippen molar-refractivity contribution >= 4 is 51.0 Å². The molecule has 33 heavy (non-hydrogen) atoms. The lowest BCUT2D eigenvalue weighted by molar-refractivity contribution is -0.128. The van der Waals surface area contributed by atoms with Crippen molar-refractivity contribution in [3.63, 3.8) is 0 Å². The number of aryl methyl sites for hydroxylation is 1. The van der Waals surface area contributed by atoms with Gasteiger partial charge in [-0.3, -0.25) is 4.79 Å². The minimum atomic E-state index is -0.347. The first-order valence-corrected chi connectivity index (χ1v) is 12.9. The molecule has 1 aliphatic heterocycles. The third-order valence-corrected chi connectivity index (χ3v) is 7.76. The molecule has 7 nitrogen and oxygen atoms in total. The van der Waals surface area contributed by atoms with Crippen LogP contribution in [-0.4, -0.2) is 60.0 Å². The fourth-order valence-electron chi connectivity index (χ4n) is 3.90. The maximum Gasteiger partial charge on any atom is 0.348 e. The summed E-state index contributed by atoms with van der Waals surface area (Å²) in [4.78, 5) is 41.2. The van der Waals surface area contributed by atoms with Crippen LogP contribution in [0, 0.1) is 6.92 Å². The van der Waals surface area contributed by atoms with Gasteiger partial charge in [-0.2, -0.15) is 0 Å². The molecule has 3 aromatic rings. The van der Waals surface area contributed by atoms with Gasteiger partial charge in [0.25, 0.3) is 0 Å². The largest absolute Gasteiger partial charge is 0.462 e. The highest BCUT2D eigenvalue weighted by Gasteiger charge is 2.25. The smallest absolute Gasteiger partial charge is 0.348 e. The maximum atomic E-state index is 12.8. The number of thioether (sulfide) groups is 1. The van der Waals surface area contributed by atoms with E-state index >= 15 is 0 Å². The zero-order valence-electron chi connectivity index (χ0n) is 19.2. The van der Waals surface area contributed by atoms with E-state index in [1.54, 1.807) is 18.7 Å². The lowest BCUT2D eigenvalue weighted by atomic mass is 10.2. The summed E-state index contributed by atoms with van der Waals surface area (Å²) < 4.78 is 5.25. The Bertz CT molecular complexity index is 1140. The first kappa shape index (κ1) is 23.5. The monoisotopic (exact) mass is 484 g/mol. The van der Waals surface area contributed by atoms with Gasteiger partial charge in [-0.15, -0.1) is 23.1 Å². The number of thiophene rings is 1. The van der Waals surface area contributed by atoms with E-state index in [1.807, 2.05) is 42.0 Å². The van der Waals surface area contributed by atoms with Gasteiger partial charge < -0.3 is 14.5 Å². The Kier molecular flexibility index (Phi) is 7.49. The fourth-order valence-corrected chi connectivity index (χ4v) is 5.76. The molecule has 1 aliphatic rings. The second-order valence-electron chi connectivity index (χ2n) is 7.97. The Morgan fingerprint density at radius 2 is 1.91 bits per heavy atom. The van der Waals surface area contributed by atoms with E-state index in [1.165, 1.54) is 11.3 Å². The van der Waals surface area contributed by atoms with Crippen molar-refractivity contribution < 1.29 is 14.3 Å². The van der Waals surface area contributed by atoms with Gasteiger partial charge in [-0.05, 0) is 44.4 Å². The van der Waals surface area contributed by atoms with Crippen molar-refractivity contribution in [2.45, 2.75) is 37.3 Å². The Morgan fingerprint density at radius 3 is 2.61 bits per heavy atom. The predicted molar refractivity (Wildman–Crippen MR) is 133 cm³/mol. The van der Waals surface area contributed by atoms with Crippen LogP contribution >= 0.6 is 23.1 Å². The van der Waals surface area contributed by atoms with E-state index < -0.39 is 0 Å². The first-order chi connectivity index (χ1) is 16.0. The number of carbonyl (C=O) groups is 2. The summed E-state index contributed by atoms with van der Waals surface area (Å²) in [5.74, 6) is 1.69. The summed E-state index contributed by atoms with van der Waals surface area (Å²) in [5.41, 5.74) is 0.797. The van der Waals surface area contributed by atoms with E-state index in [0.717, 1.165) is 46.6 Å². The van der Waals surface area contributed by atoms with E-state index in [-0.39, 0.29) is 18.4 Å². The van der Waals surface area contributed by atoms with Gasteiger partial charge in [0.2, 0.25) is 5.91 Å². The molecule has 9 heteroatoms. The summed E-state index contributed by atoms with van der Waals surface area (Å²) in [5, 5.41) is 0.813. The Hall–Kier alpha value is -2.65. The van der Waals surface area contributed by atoms with Crippen LogP contribution in [-0.2, 0) is 15.3 Å². The highest BCUT2D eigenvalue weighted by atomic mass is 32.2. The molecule has 3 heterocycles. The molecular weight excluding hydrogens is 456 g/mol. The number of carbonyl (C=O) groups excluding carboxylic acids is 2. The van der Waals surface area contributed by atoms with Crippen molar-refractivity contribution in [3.8, 4) is 0 Å². The predicted octanol–water partition coefficient (Wildman–Crippen LogP) is 4.53. The highest BCUT2D eigenvalue weighted by Crippen LogP contribution is 2.36. The molecule has 0 atom stereocenters. The molecule has 0 bridgehead atoms. The number of hydrogen-bond donors (Lipinski definition) is 0. The summed E-state index contributed by atoms with van der Waals surface area (Å²) in [7, 11) is 1.88. The van der Waals surface area contributed by atoms with Gasteiger partial charge in [-0.1, -0.05) is 18.2 Å². The van der Waals surface area contributed by atoms with Crippen molar-refractivity contribution in [3.05, 3.63) is 46.6 Å². The van der Waals surface area contributed by atoms with Crippen LogP contribution in [0.15, 0.2) is 35.2 Å². The summed E-state index contributed by atoms with van der Waals surface area (Å²) in [6, 6.07) is 10.1. The van der Waals surface area contributed by atoms with Crippen molar-refractivity contribution in [2.24, 2.45) is 0 Å². The standard InChI is InChI=1S/C24H28N4O3S2/c1-4-31-24(30)21-16(2)20-22(27(3)14-19(29)28-12-8-9-13-28)25-18(26-23(20)33-21)15-32-17-10-6-5-7-11-17/h5-7,10-11H,4,8-9,12-15H2,1-3H3. The highest BCUT2D eigenvalue weighted by molar-refractivity contribution is 7.98. The molecule has 2 aromatic heterocycles. The number of amides is 1. The molecule has 4 rings (SSSR count). The number of likely N-dealkylation sites (N-methyl/N-ethyl adjacent to an activating group) is 1. The fraction of sp³-hybridized carbons (Fsp3) is 0.417. The molecule has 0 spiro atoms. The van der Waals surface area contributed by atoms with E-state index in [0.29, 0.717) is 28.9 Å². The maximum absolute atomic E-state index is 12.8. The number of nitrogens with zero attached hydrogens (tertiary/aromatic N) is 4. The molecule has 174 valence electrons.